The van der Waals surface area contributed by atoms with Crippen LogP contribution in [0.25, 0.3) is 5.69 Å². The highest BCUT2D eigenvalue weighted by Crippen LogP contribution is 2.25. The van der Waals surface area contributed by atoms with Crippen molar-refractivity contribution in [1.82, 2.24) is 9.78 Å². The second kappa shape index (κ2) is 6.05. The topological polar surface area (TPSA) is 64.3 Å². The van der Waals surface area contributed by atoms with E-state index in [4.69, 9.17) is 4.74 Å². The number of aliphatic hydroxyl groups excluding tert-OH is 1. The zero-order valence-electron chi connectivity index (χ0n) is 12.1. The maximum absolute atomic E-state index is 13.7. The summed E-state index contributed by atoms with van der Waals surface area (Å²) in [6.07, 6.45) is 2.02. The Balaban J connectivity index is 2.47. The van der Waals surface area contributed by atoms with Gasteiger partial charge in [0.05, 0.1) is 30.2 Å². The van der Waals surface area contributed by atoms with Gasteiger partial charge in [0.1, 0.15) is 5.82 Å². The second-order valence-corrected chi connectivity index (χ2v) is 4.73. The van der Waals surface area contributed by atoms with Crippen LogP contribution in [0.15, 0.2) is 24.5 Å². The number of carbonyl (C=O) groups excluding carboxylic acids is 1. The van der Waals surface area contributed by atoms with Gasteiger partial charge < -0.3 is 9.84 Å². The summed E-state index contributed by atoms with van der Waals surface area (Å²) in [7, 11) is 0. The zero-order valence-corrected chi connectivity index (χ0v) is 12.1. The molecule has 0 fully saturated rings. The molecule has 0 aliphatic heterocycles. The van der Waals surface area contributed by atoms with E-state index in [0.29, 0.717) is 22.4 Å². The van der Waals surface area contributed by atoms with Crippen LogP contribution in [-0.4, -0.2) is 27.5 Å². The van der Waals surface area contributed by atoms with Gasteiger partial charge in [0.25, 0.3) is 0 Å². The molecule has 21 heavy (non-hydrogen) atoms. The molecule has 2 aromatic rings. The Bertz CT molecular complexity index is 665. The minimum atomic E-state index is -0.856. The summed E-state index contributed by atoms with van der Waals surface area (Å²) in [5.74, 6) is -0.867. The number of nitrogens with zero attached hydrogens (tertiary/aromatic N) is 2. The van der Waals surface area contributed by atoms with E-state index in [1.165, 1.54) is 23.1 Å². The SMILES string of the molecule is CCOC(=O)c1cnn(-c2cc(C)c(F)cc2C(C)O)c1. The van der Waals surface area contributed by atoms with Gasteiger partial charge in [-0.3, -0.25) is 0 Å². The zero-order chi connectivity index (χ0) is 15.6. The minimum Gasteiger partial charge on any atom is -0.462 e. The third-order valence-electron chi connectivity index (χ3n) is 3.10. The highest BCUT2D eigenvalue weighted by Gasteiger charge is 2.16. The van der Waals surface area contributed by atoms with E-state index in [1.807, 2.05) is 0 Å². The van der Waals surface area contributed by atoms with Crippen LogP contribution in [0.1, 0.15) is 41.4 Å². The predicted octanol–water partition coefficient (Wildman–Crippen LogP) is 2.55. The number of esters is 1. The molecule has 0 amide bonds. The number of aromatic nitrogens is 2. The van der Waals surface area contributed by atoms with Crippen LogP contribution in [-0.2, 0) is 4.74 Å². The minimum absolute atomic E-state index is 0.276. The lowest BCUT2D eigenvalue weighted by Gasteiger charge is -2.13. The number of carbonyl (C=O) groups is 1. The number of hydrogen-bond donors (Lipinski definition) is 1. The lowest BCUT2D eigenvalue weighted by Crippen LogP contribution is -2.06. The van der Waals surface area contributed by atoms with Crippen molar-refractivity contribution in [1.29, 1.82) is 0 Å². The average molecular weight is 292 g/mol. The first-order chi connectivity index (χ1) is 9.93. The van der Waals surface area contributed by atoms with E-state index < -0.39 is 17.9 Å². The fourth-order valence-corrected chi connectivity index (χ4v) is 1.99. The largest absolute Gasteiger partial charge is 0.462 e. The number of rotatable bonds is 4. The van der Waals surface area contributed by atoms with Crippen LogP contribution < -0.4 is 0 Å². The molecule has 1 N–H and O–H groups in total. The van der Waals surface area contributed by atoms with Crippen LogP contribution in [0, 0.1) is 12.7 Å². The van der Waals surface area contributed by atoms with Gasteiger partial charge in [-0.25, -0.2) is 13.9 Å². The quantitative estimate of drug-likeness (QED) is 0.880. The molecule has 1 aromatic carbocycles. The second-order valence-electron chi connectivity index (χ2n) is 4.73. The highest BCUT2D eigenvalue weighted by molar-refractivity contribution is 5.88. The molecule has 6 heteroatoms. The summed E-state index contributed by atoms with van der Waals surface area (Å²) in [6, 6.07) is 2.86. The smallest absolute Gasteiger partial charge is 0.341 e. The fourth-order valence-electron chi connectivity index (χ4n) is 1.99. The van der Waals surface area contributed by atoms with Gasteiger partial charge in [-0.15, -0.1) is 0 Å². The predicted molar refractivity (Wildman–Crippen MR) is 74.8 cm³/mol. The van der Waals surface area contributed by atoms with Crippen molar-refractivity contribution in [2.45, 2.75) is 26.9 Å². The third kappa shape index (κ3) is 3.11. The van der Waals surface area contributed by atoms with Crippen molar-refractivity contribution in [3.63, 3.8) is 0 Å². The van der Waals surface area contributed by atoms with Crippen LogP contribution in [0.4, 0.5) is 4.39 Å². The lowest BCUT2D eigenvalue weighted by molar-refractivity contribution is 0.0526. The van der Waals surface area contributed by atoms with Gasteiger partial charge in [0, 0.05) is 11.8 Å². The maximum Gasteiger partial charge on any atom is 0.341 e. The number of hydrogen-bond acceptors (Lipinski definition) is 4. The molecule has 0 saturated heterocycles. The van der Waals surface area contributed by atoms with Crippen molar-refractivity contribution >= 4 is 5.97 Å². The van der Waals surface area contributed by atoms with Crippen molar-refractivity contribution in [3.05, 3.63) is 47.0 Å². The average Bonchev–Trinajstić information content (AvgIpc) is 2.91. The molecule has 0 bridgehead atoms. The highest BCUT2D eigenvalue weighted by atomic mass is 19.1. The van der Waals surface area contributed by atoms with Crippen LogP contribution in [0.3, 0.4) is 0 Å². The molecule has 0 aliphatic rings. The molecule has 0 spiro atoms. The molecule has 0 aliphatic carbocycles. The van der Waals surface area contributed by atoms with Crippen molar-refractivity contribution in [2.75, 3.05) is 6.61 Å². The summed E-state index contributed by atoms with van der Waals surface area (Å²) < 4.78 is 20.0. The van der Waals surface area contributed by atoms with Crippen LogP contribution in [0.2, 0.25) is 0 Å². The number of halogens is 1. The van der Waals surface area contributed by atoms with Crippen molar-refractivity contribution in [3.8, 4) is 5.69 Å². The molecule has 1 atom stereocenters. The van der Waals surface area contributed by atoms with E-state index in [0.717, 1.165) is 0 Å². The summed E-state index contributed by atoms with van der Waals surface area (Å²) in [6.45, 7) is 5.17. The summed E-state index contributed by atoms with van der Waals surface area (Å²) in [5.41, 5.74) is 1.66. The molecular formula is C15H17FN2O3. The summed E-state index contributed by atoms with van der Waals surface area (Å²) in [4.78, 5) is 11.6. The van der Waals surface area contributed by atoms with E-state index in [2.05, 4.69) is 5.10 Å². The molecule has 1 aromatic heterocycles. The van der Waals surface area contributed by atoms with E-state index in [-0.39, 0.29) is 6.61 Å². The Morgan fingerprint density at radius 2 is 2.24 bits per heavy atom. The Morgan fingerprint density at radius 1 is 1.52 bits per heavy atom. The normalized spacial score (nSPS) is 12.2. The molecule has 0 saturated carbocycles. The first-order valence-electron chi connectivity index (χ1n) is 6.64. The molecular weight excluding hydrogens is 275 g/mol. The van der Waals surface area contributed by atoms with Gasteiger partial charge in [0.15, 0.2) is 0 Å². The fraction of sp³-hybridized carbons (Fsp3) is 0.333. The number of aliphatic hydroxyl groups is 1. The van der Waals surface area contributed by atoms with Gasteiger partial charge in [-0.05, 0) is 38.5 Å². The molecule has 5 nitrogen and oxygen atoms in total. The first kappa shape index (κ1) is 15.2. The Kier molecular flexibility index (Phi) is 4.37. The molecule has 0 radical (unpaired) electrons. The van der Waals surface area contributed by atoms with E-state index >= 15 is 0 Å². The monoisotopic (exact) mass is 292 g/mol. The number of aryl methyl sites for hydroxylation is 1. The molecule has 1 heterocycles. The van der Waals surface area contributed by atoms with Gasteiger partial charge in [-0.1, -0.05) is 0 Å². The van der Waals surface area contributed by atoms with Gasteiger partial charge in [-0.2, -0.15) is 5.10 Å². The number of ether oxygens (including phenoxy) is 1. The Morgan fingerprint density at radius 3 is 2.86 bits per heavy atom. The molecule has 112 valence electrons. The first-order valence-corrected chi connectivity index (χ1v) is 6.64. The van der Waals surface area contributed by atoms with Gasteiger partial charge in [0.2, 0.25) is 0 Å². The Labute approximate surface area is 122 Å². The standard InChI is InChI=1S/C15H17FN2O3/c1-4-21-15(20)11-7-17-18(8-11)14-5-9(2)13(16)6-12(14)10(3)19/h5-8,10,19H,4H2,1-3H3. The third-order valence-corrected chi connectivity index (χ3v) is 3.10. The molecule has 1 unspecified atom stereocenters. The molecule has 2 rings (SSSR count). The van der Waals surface area contributed by atoms with E-state index in [1.54, 1.807) is 26.8 Å². The summed E-state index contributed by atoms with van der Waals surface area (Å²) >= 11 is 0. The van der Waals surface area contributed by atoms with Crippen LogP contribution in [0.5, 0.6) is 0 Å². The van der Waals surface area contributed by atoms with Gasteiger partial charge >= 0.3 is 5.97 Å². The lowest BCUT2D eigenvalue weighted by atomic mass is 10.0. The van der Waals surface area contributed by atoms with E-state index in [9.17, 15) is 14.3 Å². The summed E-state index contributed by atoms with van der Waals surface area (Å²) in [5, 5.41) is 13.9. The Hall–Kier alpha value is -2.21. The number of benzene rings is 1. The van der Waals surface area contributed by atoms with Crippen molar-refractivity contribution in [2.24, 2.45) is 0 Å². The van der Waals surface area contributed by atoms with Crippen LogP contribution >= 0.6 is 0 Å². The maximum atomic E-state index is 13.7. The van der Waals surface area contributed by atoms with Crippen molar-refractivity contribution < 1.29 is 19.0 Å².